The first-order valence-electron chi connectivity index (χ1n) is 9.32. The maximum Gasteiger partial charge on any atom is 0.321 e. The van der Waals surface area contributed by atoms with E-state index in [1.165, 1.54) is 5.56 Å². The topological polar surface area (TPSA) is 61.4 Å². The second-order valence-corrected chi connectivity index (χ2v) is 7.44. The molecule has 1 saturated heterocycles. The summed E-state index contributed by atoms with van der Waals surface area (Å²) < 4.78 is 0. The first-order valence-corrected chi connectivity index (χ1v) is 9.70. The highest BCUT2D eigenvalue weighted by Gasteiger charge is 2.21. The zero-order valence-electron chi connectivity index (χ0n) is 15.7. The molecule has 1 aliphatic heterocycles. The monoisotopic (exact) mass is 395 g/mol. The third-order valence-corrected chi connectivity index (χ3v) is 5.43. The van der Waals surface area contributed by atoms with Gasteiger partial charge in [-0.3, -0.25) is 14.9 Å². The van der Waals surface area contributed by atoms with Gasteiger partial charge in [0.1, 0.15) is 0 Å². The number of hydrogen-bond acceptors (Lipinski definition) is 4. The van der Waals surface area contributed by atoms with E-state index >= 15 is 0 Å². The molecule has 28 heavy (non-hydrogen) atoms. The molecule has 1 aliphatic rings. The average Bonchev–Trinajstić information content (AvgIpc) is 2.71. The number of carbonyl (C=O) groups is 1. The molecule has 4 rings (SSSR count). The highest BCUT2D eigenvalue weighted by molar-refractivity contribution is 6.31. The van der Waals surface area contributed by atoms with E-state index in [0.717, 1.165) is 41.9 Å². The number of nitrogens with zero attached hydrogens (tertiary/aromatic N) is 4. The predicted molar refractivity (Wildman–Crippen MR) is 112 cm³/mol. The van der Waals surface area contributed by atoms with Gasteiger partial charge in [0.2, 0.25) is 0 Å². The Kier molecular flexibility index (Phi) is 5.41. The molecule has 2 heterocycles. The molecule has 2 amide bonds. The summed E-state index contributed by atoms with van der Waals surface area (Å²) in [6.45, 7) is 5.84. The SMILES string of the molecule is Cc1ccc(NC(=O)N2CCN(Cc3ccc4nccnc4c3)CC2)cc1Cl. The summed E-state index contributed by atoms with van der Waals surface area (Å²) in [5, 5.41) is 3.59. The number of piperazine rings is 1. The van der Waals surface area contributed by atoms with E-state index in [9.17, 15) is 4.79 Å². The number of aryl methyl sites for hydroxylation is 1. The van der Waals surface area contributed by atoms with Gasteiger partial charge in [0.25, 0.3) is 0 Å². The number of nitrogens with one attached hydrogen (secondary N) is 1. The Balaban J connectivity index is 1.32. The van der Waals surface area contributed by atoms with E-state index in [2.05, 4.69) is 32.3 Å². The molecule has 1 aromatic heterocycles. The van der Waals surface area contributed by atoms with E-state index in [1.54, 1.807) is 18.5 Å². The van der Waals surface area contributed by atoms with Crippen LogP contribution >= 0.6 is 11.6 Å². The van der Waals surface area contributed by atoms with E-state index in [-0.39, 0.29) is 6.03 Å². The number of urea groups is 1. The lowest BCUT2D eigenvalue weighted by Gasteiger charge is -2.34. The van der Waals surface area contributed by atoms with Crippen LogP contribution in [0.25, 0.3) is 11.0 Å². The number of halogens is 1. The molecule has 1 N–H and O–H groups in total. The summed E-state index contributed by atoms with van der Waals surface area (Å²) >= 11 is 6.14. The zero-order chi connectivity index (χ0) is 19.5. The number of benzene rings is 2. The van der Waals surface area contributed by atoms with Crippen LogP contribution in [0.15, 0.2) is 48.8 Å². The van der Waals surface area contributed by atoms with Crippen LogP contribution < -0.4 is 5.32 Å². The fourth-order valence-electron chi connectivity index (χ4n) is 3.35. The van der Waals surface area contributed by atoms with Crippen molar-refractivity contribution in [1.29, 1.82) is 0 Å². The average molecular weight is 396 g/mol. The van der Waals surface area contributed by atoms with Gasteiger partial charge in [0.05, 0.1) is 11.0 Å². The molecule has 3 aromatic rings. The molecule has 144 valence electrons. The number of carbonyl (C=O) groups excluding carboxylic acids is 1. The van der Waals surface area contributed by atoms with Crippen LogP contribution in [-0.2, 0) is 6.54 Å². The summed E-state index contributed by atoms with van der Waals surface area (Å²) in [6, 6.07) is 11.7. The Labute approximate surface area is 169 Å². The minimum Gasteiger partial charge on any atom is -0.322 e. The normalized spacial score (nSPS) is 15.0. The van der Waals surface area contributed by atoms with Crippen molar-refractivity contribution in [2.24, 2.45) is 0 Å². The largest absolute Gasteiger partial charge is 0.322 e. The van der Waals surface area contributed by atoms with Crippen LogP contribution in [0.5, 0.6) is 0 Å². The molecular weight excluding hydrogens is 374 g/mol. The number of amides is 2. The fourth-order valence-corrected chi connectivity index (χ4v) is 3.53. The molecule has 0 bridgehead atoms. The molecule has 0 spiro atoms. The third-order valence-electron chi connectivity index (χ3n) is 5.02. The van der Waals surface area contributed by atoms with Crippen molar-refractivity contribution in [1.82, 2.24) is 19.8 Å². The second-order valence-electron chi connectivity index (χ2n) is 7.04. The molecule has 0 unspecified atom stereocenters. The predicted octanol–water partition coefficient (Wildman–Crippen LogP) is 3.94. The molecular formula is C21H22ClN5O. The van der Waals surface area contributed by atoms with Crippen LogP contribution in [-0.4, -0.2) is 52.0 Å². The van der Waals surface area contributed by atoms with Crippen LogP contribution in [0.4, 0.5) is 10.5 Å². The number of hydrogen-bond donors (Lipinski definition) is 1. The van der Waals surface area contributed by atoms with Gasteiger partial charge in [-0.05, 0) is 42.3 Å². The minimum absolute atomic E-state index is 0.0828. The van der Waals surface area contributed by atoms with Crippen LogP contribution in [0, 0.1) is 6.92 Å². The third kappa shape index (κ3) is 4.24. The maximum absolute atomic E-state index is 12.5. The van der Waals surface area contributed by atoms with Crippen molar-refractivity contribution in [3.05, 3.63) is 64.9 Å². The van der Waals surface area contributed by atoms with Crippen LogP contribution in [0.1, 0.15) is 11.1 Å². The Bertz CT molecular complexity index is 1000. The Morgan fingerprint density at radius 2 is 1.79 bits per heavy atom. The van der Waals surface area contributed by atoms with E-state index in [4.69, 9.17) is 11.6 Å². The maximum atomic E-state index is 12.5. The van der Waals surface area contributed by atoms with Crippen molar-refractivity contribution in [3.8, 4) is 0 Å². The molecule has 0 radical (unpaired) electrons. The first-order chi connectivity index (χ1) is 13.6. The fraction of sp³-hybridized carbons (Fsp3) is 0.286. The summed E-state index contributed by atoms with van der Waals surface area (Å²) in [5.41, 5.74) is 4.74. The standard InChI is InChI=1S/C21H22ClN5O/c1-15-2-4-17(13-18(15)22)25-21(28)27-10-8-26(9-11-27)14-16-3-5-19-20(12-16)24-7-6-23-19/h2-7,12-13H,8-11,14H2,1H3,(H,25,28). The zero-order valence-corrected chi connectivity index (χ0v) is 16.5. The van der Waals surface area contributed by atoms with Gasteiger partial charge in [0.15, 0.2) is 0 Å². The van der Waals surface area contributed by atoms with Crippen molar-refractivity contribution >= 4 is 34.4 Å². The van der Waals surface area contributed by atoms with Gasteiger partial charge in [0, 0.05) is 55.8 Å². The molecule has 0 aliphatic carbocycles. The van der Waals surface area contributed by atoms with Gasteiger partial charge in [-0.2, -0.15) is 0 Å². The first kappa shape index (κ1) is 18.7. The lowest BCUT2D eigenvalue weighted by atomic mass is 10.1. The highest BCUT2D eigenvalue weighted by Crippen LogP contribution is 2.20. The summed E-state index contributed by atoms with van der Waals surface area (Å²) in [7, 11) is 0. The van der Waals surface area contributed by atoms with Gasteiger partial charge in [-0.15, -0.1) is 0 Å². The Morgan fingerprint density at radius 1 is 1.04 bits per heavy atom. The molecule has 6 nitrogen and oxygen atoms in total. The number of aromatic nitrogens is 2. The lowest BCUT2D eigenvalue weighted by molar-refractivity contribution is 0.143. The van der Waals surface area contributed by atoms with Crippen molar-refractivity contribution in [2.75, 3.05) is 31.5 Å². The quantitative estimate of drug-likeness (QED) is 0.729. The summed E-state index contributed by atoms with van der Waals surface area (Å²) in [6.07, 6.45) is 3.42. The van der Waals surface area contributed by atoms with E-state index in [1.807, 2.05) is 30.0 Å². The molecule has 0 saturated carbocycles. The smallest absolute Gasteiger partial charge is 0.321 e. The molecule has 0 atom stereocenters. The van der Waals surface area contributed by atoms with Crippen molar-refractivity contribution in [2.45, 2.75) is 13.5 Å². The van der Waals surface area contributed by atoms with Crippen molar-refractivity contribution in [3.63, 3.8) is 0 Å². The van der Waals surface area contributed by atoms with E-state index in [0.29, 0.717) is 18.1 Å². The van der Waals surface area contributed by atoms with Crippen LogP contribution in [0.2, 0.25) is 5.02 Å². The Morgan fingerprint density at radius 3 is 2.54 bits per heavy atom. The molecule has 2 aromatic carbocycles. The van der Waals surface area contributed by atoms with Crippen molar-refractivity contribution < 1.29 is 4.79 Å². The van der Waals surface area contributed by atoms with Crippen LogP contribution in [0.3, 0.4) is 0 Å². The lowest BCUT2D eigenvalue weighted by Crippen LogP contribution is -2.49. The molecule has 7 heteroatoms. The van der Waals surface area contributed by atoms with Gasteiger partial charge in [-0.25, -0.2) is 4.79 Å². The van der Waals surface area contributed by atoms with Gasteiger partial charge in [-0.1, -0.05) is 23.7 Å². The molecule has 1 fully saturated rings. The number of fused-ring (bicyclic) bond motifs is 1. The minimum atomic E-state index is -0.0828. The Hall–Kier alpha value is -2.70. The number of rotatable bonds is 3. The second kappa shape index (κ2) is 8.12. The van der Waals surface area contributed by atoms with E-state index < -0.39 is 0 Å². The summed E-state index contributed by atoms with van der Waals surface area (Å²) in [5.74, 6) is 0. The highest BCUT2D eigenvalue weighted by atomic mass is 35.5. The van der Waals surface area contributed by atoms with Gasteiger partial charge < -0.3 is 10.2 Å². The summed E-state index contributed by atoms with van der Waals surface area (Å²) in [4.78, 5) is 25.4. The number of anilines is 1. The van der Waals surface area contributed by atoms with Gasteiger partial charge >= 0.3 is 6.03 Å².